The number of carbonyl (C=O) groups is 1. The van der Waals surface area contributed by atoms with Gasteiger partial charge in [-0.15, -0.1) is 0 Å². The first-order valence-electron chi connectivity index (χ1n) is 4.60. The van der Waals surface area contributed by atoms with Crippen LogP contribution in [0.3, 0.4) is 0 Å². The second-order valence-electron chi connectivity index (χ2n) is 3.13. The standard InChI is InChI=1S/C11H13ClO2/c1-3-8(2)14-11(13)9-5-4-6-10(12)7-9/h4-8H,3H2,1-2H3. The van der Waals surface area contributed by atoms with Gasteiger partial charge in [-0.05, 0) is 31.5 Å². The maximum absolute atomic E-state index is 11.5. The largest absolute Gasteiger partial charge is 0.459 e. The lowest BCUT2D eigenvalue weighted by atomic mass is 10.2. The van der Waals surface area contributed by atoms with E-state index in [0.29, 0.717) is 10.6 Å². The fourth-order valence-electron chi connectivity index (χ4n) is 0.950. The van der Waals surface area contributed by atoms with Crippen LogP contribution in [0.2, 0.25) is 5.02 Å². The quantitative estimate of drug-likeness (QED) is 0.719. The molecule has 1 unspecified atom stereocenters. The Bertz CT molecular complexity index is 323. The fourth-order valence-corrected chi connectivity index (χ4v) is 1.14. The number of esters is 1. The smallest absolute Gasteiger partial charge is 0.338 e. The van der Waals surface area contributed by atoms with E-state index in [9.17, 15) is 4.79 Å². The molecule has 3 heteroatoms. The molecule has 1 aromatic rings. The molecule has 0 aliphatic heterocycles. The molecule has 0 saturated heterocycles. The van der Waals surface area contributed by atoms with Gasteiger partial charge in [-0.3, -0.25) is 0 Å². The van der Waals surface area contributed by atoms with Crippen molar-refractivity contribution in [1.82, 2.24) is 0 Å². The molecule has 2 nitrogen and oxygen atoms in total. The average Bonchev–Trinajstić information content (AvgIpc) is 2.17. The van der Waals surface area contributed by atoms with Gasteiger partial charge in [0, 0.05) is 5.02 Å². The van der Waals surface area contributed by atoms with E-state index in [1.54, 1.807) is 24.3 Å². The molecule has 0 bridgehead atoms. The Morgan fingerprint density at radius 1 is 1.57 bits per heavy atom. The monoisotopic (exact) mass is 212 g/mol. The summed E-state index contributed by atoms with van der Waals surface area (Å²) in [5, 5.41) is 0.545. The summed E-state index contributed by atoms with van der Waals surface area (Å²) in [5.74, 6) is -0.318. The van der Waals surface area contributed by atoms with E-state index in [2.05, 4.69) is 0 Å². The van der Waals surface area contributed by atoms with Crippen LogP contribution in [0, 0.1) is 0 Å². The molecule has 0 amide bonds. The second kappa shape index (κ2) is 5.01. The number of hydrogen-bond acceptors (Lipinski definition) is 2. The molecule has 0 aromatic heterocycles. The lowest BCUT2D eigenvalue weighted by molar-refractivity contribution is 0.0334. The zero-order valence-corrected chi connectivity index (χ0v) is 9.04. The lowest BCUT2D eigenvalue weighted by Gasteiger charge is -2.10. The minimum Gasteiger partial charge on any atom is -0.459 e. The van der Waals surface area contributed by atoms with Crippen LogP contribution < -0.4 is 0 Å². The minimum atomic E-state index is -0.318. The maximum Gasteiger partial charge on any atom is 0.338 e. The van der Waals surface area contributed by atoms with Crippen molar-refractivity contribution in [2.45, 2.75) is 26.4 Å². The number of carbonyl (C=O) groups excluding carboxylic acids is 1. The van der Waals surface area contributed by atoms with Gasteiger partial charge in [0.15, 0.2) is 0 Å². The normalized spacial score (nSPS) is 12.2. The van der Waals surface area contributed by atoms with Crippen LogP contribution in [0.4, 0.5) is 0 Å². The van der Waals surface area contributed by atoms with Gasteiger partial charge < -0.3 is 4.74 Å². The molecule has 0 N–H and O–H groups in total. The molecule has 1 atom stereocenters. The highest BCUT2D eigenvalue weighted by molar-refractivity contribution is 6.30. The van der Waals surface area contributed by atoms with Gasteiger partial charge in [-0.2, -0.15) is 0 Å². The predicted octanol–water partition coefficient (Wildman–Crippen LogP) is 3.30. The molecule has 0 aliphatic carbocycles. The van der Waals surface area contributed by atoms with E-state index in [4.69, 9.17) is 16.3 Å². The van der Waals surface area contributed by atoms with Crippen LogP contribution in [0.5, 0.6) is 0 Å². The third-order valence-electron chi connectivity index (χ3n) is 1.94. The molecule has 0 spiro atoms. The molecule has 0 fully saturated rings. The Morgan fingerprint density at radius 2 is 2.29 bits per heavy atom. The number of halogens is 1. The van der Waals surface area contributed by atoms with Crippen LogP contribution in [0.1, 0.15) is 30.6 Å². The Kier molecular flexibility index (Phi) is 3.96. The summed E-state index contributed by atoms with van der Waals surface area (Å²) in [6.45, 7) is 3.83. The zero-order valence-electron chi connectivity index (χ0n) is 8.29. The first kappa shape index (κ1) is 11.1. The molecule has 0 heterocycles. The predicted molar refractivity (Wildman–Crippen MR) is 56.6 cm³/mol. The molecule has 14 heavy (non-hydrogen) atoms. The summed E-state index contributed by atoms with van der Waals surface area (Å²) in [5.41, 5.74) is 0.498. The zero-order chi connectivity index (χ0) is 10.6. The van der Waals surface area contributed by atoms with Crippen LogP contribution in [-0.2, 0) is 4.74 Å². The van der Waals surface area contributed by atoms with Crippen molar-refractivity contribution in [3.63, 3.8) is 0 Å². The van der Waals surface area contributed by atoms with Gasteiger partial charge in [0.05, 0.1) is 11.7 Å². The van der Waals surface area contributed by atoms with Gasteiger partial charge in [-0.1, -0.05) is 24.6 Å². The summed E-state index contributed by atoms with van der Waals surface area (Å²) < 4.78 is 5.14. The van der Waals surface area contributed by atoms with Crippen molar-refractivity contribution < 1.29 is 9.53 Å². The summed E-state index contributed by atoms with van der Waals surface area (Å²) in [4.78, 5) is 11.5. The molecule has 0 saturated carbocycles. The summed E-state index contributed by atoms with van der Waals surface area (Å²) in [6.07, 6.45) is 0.758. The van der Waals surface area contributed by atoms with E-state index >= 15 is 0 Å². The highest BCUT2D eigenvalue weighted by Gasteiger charge is 2.10. The van der Waals surface area contributed by atoms with Gasteiger partial charge in [0.1, 0.15) is 0 Å². The molecule has 0 aliphatic rings. The molecule has 76 valence electrons. The third kappa shape index (κ3) is 3.04. The van der Waals surface area contributed by atoms with Crippen molar-refractivity contribution in [3.05, 3.63) is 34.9 Å². The Hall–Kier alpha value is -1.02. The van der Waals surface area contributed by atoms with Crippen molar-refractivity contribution in [2.24, 2.45) is 0 Å². The first-order chi connectivity index (χ1) is 6.63. The SMILES string of the molecule is CCC(C)OC(=O)c1cccc(Cl)c1. The third-order valence-corrected chi connectivity index (χ3v) is 2.18. The topological polar surface area (TPSA) is 26.3 Å². The summed E-state index contributed by atoms with van der Waals surface area (Å²) in [7, 11) is 0. The summed E-state index contributed by atoms with van der Waals surface area (Å²) >= 11 is 5.75. The summed E-state index contributed by atoms with van der Waals surface area (Å²) in [6, 6.07) is 6.75. The maximum atomic E-state index is 11.5. The van der Waals surface area contributed by atoms with Crippen molar-refractivity contribution in [2.75, 3.05) is 0 Å². The van der Waals surface area contributed by atoms with Gasteiger partial charge in [0.25, 0.3) is 0 Å². The number of rotatable bonds is 3. The van der Waals surface area contributed by atoms with Gasteiger partial charge >= 0.3 is 5.97 Å². The average molecular weight is 213 g/mol. The van der Waals surface area contributed by atoms with E-state index in [-0.39, 0.29) is 12.1 Å². The van der Waals surface area contributed by atoms with Crippen LogP contribution in [0.15, 0.2) is 24.3 Å². The highest BCUT2D eigenvalue weighted by atomic mass is 35.5. The molecular weight excluding hydrogens is 200 g/mol. The van der Waals surface area contributed by atoms with Crippen molar-refractivity contribution >= 4 is 17.6 Å². The molecule has 0 radical (unpaired) electrons. The van der Waals surface area contributed by atoms with E-state index in [1.165, 1.54) is 0 Å². The van der Waals surface area contributed by atoms with Crippen LogP contribution in [-0.4, -0.2) is 12.1 Å². The van der Waals surface area contributed by atoms with Crippen LogP contribution in [0.25, 0.3) is 0 Å². The Labute approximate surface area is 88.8 Å². The van der Waals surface area contributed by atoms with Crippen LogP contribution >= 0.6 is 11.6 Å². The van der Waals surface area contributed by atoms with Gasteiger partial charge in [0.2, 0.25) is 0 Å². The van der Waals surface area contributed by atoms with Crippen molar-refractivity contribution in [3.8, 4) is 0 Å². The fraction of sp³-hybridized carbons (Fsp3) is 0.364. The number of benzene rings is 1. The highest BCUT2D eigenvalue weighted by Crippen LogP contribution is 2.12. The number of ether oxygens (including phenoxy) is 1. The molecule has 1 aromatic carbocycles. The number of hydrogen-bond donors (Lipinski definition) is 0. The van der Waals surface area contributed by atoms with E-state index in [1.807, 2.05) is 13.8 Å². The van der Waals surface area contributed by atoms with E-state index in [0.717, 1.165) is 6.42 Å². The van der Waals surface area contributed by atoms with E-state index < -0.39 is 0 Å². The van der Waals surface area contributed by atoms with Gasteiger partial charge in [-0.25, -0.2) is 4.79 Å². The lowest BCUT2D eigenvalue weighted by Crippen LogP contribution is -2.13. The first-order valence-corrected chi connectivity index (χ1v) is 4.97. The molecule has 1 rings (SSSR count). The van der Waals surface area contributed by atoms with Crippen molar-refractivity contribution in [1.29, 1.82) is 0 Å². The Balaban J connectivity index is 2.70. The molecular formula is C11H13ClO2. The minimum absolute atomic E-state index is 0.0542. The second-order valence-corrected chi connectivity index (χ2v) is 3.57. The Morgan fingerprint density at radius 3 is 2.86 bits per heavy atom.